The van der Waals surface area contributed by atoms with Crippen molar-refractivity contribution in [2.75, 3.05) is 7.11 Å². The molecule has 0 radical (unpaired) electrons. The standard InChI is InChI=1S/C17H17BrO3/c1-12(19)14-5-8-17(20-2)15(9-14)11-21-10-13-3-6-16(18)7-4-13/h3-9H,10-11H2,1-2H3. The SMILES string of the molecule is COc1ccc(C(C)=O)cc1COCc1ccc(Br)cc1. The van der Waals surface area contributed by atoms with Crippen LogP contribution in [0.25, 0.3) is 0 Å². The van der Waals surface area contributed by atoms with Crippen LogP contribution in [0.3, 0.4) is 0 Å². The van der Waals surface area contributed by atoms with E-state index in [4.69, 9.17) is 9.47 Å². The molecule has 21 heavy (non-hydrogen) atoms. The number of Topliss-reactive ketones (excluding diaryl/α,β-unsaturated/α-hetero) is 1. The molecule has 0 N–H and O–H groups in total. The number of carbonyl (C=O) groups excluding carboxylic acids is 1. The van der Waals surface area contributed by atoms with Crippen molar-refractivity contribution in [3.8, 4) is 5.75 Å². The van der Waals surface area contributed by atoms with Gasteiger partial charge in [0.05, 0.1) is 20.3 Å². The van der Waals surface area contributed by atoms with Crippen molar-refractivity contribution >= 4 is 21.7 Å². The minimum Gasteiger partial charge on any atom is -0.496 e. The second-order valence-electron chi connectivity index (χ2n) is 4.70. The lowest BCUT2D eigenvalue weighted by atomic mass is 10.1. The fraction of sp³-hybridized carbons (Fsp3) is 0.235. The number of ether oxygens (including phenoxy) is 2. The van der Waals surface area contributed by atoms with E-state index in [-0.39, 0.29) is 5.78 Å². The van der Waals surface area contributed by atoms with Gasteiger partial charge in [0, 0.05) is 15.6 Å². The van der Waals surface area contributed by atoms with Crippen molar-refractivity contribution < 1.29 is 14.3 Å². The Hall–Kier alpha value is -1.65. The highest BCUT2D eigenvalue weighted by Gasteiger charge is 2.07. The average molecular weight is 349 g/mol. The quantitative estimate of drug-likeness (QED) is 0.726. The summed E-state index contributed by atoms with van der Waals surface area (Å²) in [6, 6.07) is 13.4. The van der Waals surface area contributed by atoms with Gasteiger partial charge >= 0.3 is 0 Å². The Kier molecular flexibility index (Phi) is 5.53. The zero-order chi connectivity index (χ0) is 15.2. The minimum atomic E-state index is 0.0341. The van der Waals surface area contributed by atoms with Crippen molar-refractivity contribution in [3.63, 3.8) is 0 Å². The van der Waals surface area contributed by atoms with Gasteiger partial charge in [0.1, 0.15) is 5.75 Å². The van der Waals surface area contributed by atoms with E-state index in [2.05, 4.69) is 15.9 Å². The van der Waals surface area contributed by atoms with E-state index in [1.165, 1.54) is 0 Å². The summed E-state index contributed by atoms with van der Waals surface area (Å²) in [6.45, 7) is 2.47. The largest absolute Gasteiger partial charge is 0.496 e. The molecule has 3 nitrogen and oxygen atoms in total. The van der Waals surface area contributed by atoms with Gasteiger partial charge in [-0.05, 0) is 42.8 Å². The summed E-state index contributed by atoms with van der Waals surface area (Å²) in [7, 11) is 1.61. The van der Waals surface area contributed by atoms with E-state index in [0.29, 0.717) is 18.8 Å². The molecule has 0 atom stereocenters. The lowest BCUT2D eigenvalue weighted by Gasteiger charge is -2.10. The maximum absolute atomic E-state index is 11.4. The van der Waals surface area contributed by atoms with Gasteiger partial charge in [-0.3, -0.25) is 4.79 Å². The molecular formula is C17H17BrO3. The molecule has 0 heterocycles. The Labute approximate surface area is 133 Å². The number of rotatable bonds is 6. The molecule has 0 unspecified atom stereocenters. The number of benzene rings is 2. The van der Waals surface area contributed by atoms with Crippen LogP contribution in [0.4, 0.5) is 0 Å². The van der Waals surface area contributed by atoms with Gasteiger partial charge < -0.3 is 9.47 Å². The average Bonchev–Trinajstić information content (AvgIpc) is 2.49. The number of ketones is 1. The van der Waals surface area contributed by atoms with Crippen LogP contribution >= 0.6 is 15.9 Å². The van der Waals surface area contributed by atoms with Crippen LogP contribution in [0, 0.1) is 0 Å². The molecule has 0 saturated carbocycles. The van der Waals surface area contributed by atoms with Crippen LogP contribution in [0.5, 0.6) is 5.75 Å². The van der Waals surface area contributed by atoms with Crippen LogP contribution in [0.15, 0.2) is 46.9 Å². The zero-order valence-corrected chi connectivity index (χ0v) is 13.6. The van der Waals surface area contributed by atoms with E-state index >= 15 is 0 Å². The lowest BCUT2D eigenvalue weighted by Crippen LogP contribution is -2.00. The highest BCUT2D eigenvalue weighted by Crippen LogP contribution is 2.22. The Balaban J connectivity index is 2.03. The summed E-state index contributed by atoms with van der Waals surface area (Å²) in [6.07, 6.45) is 0. The first-order valence-electron chi connectivity index (χ1n) is 6.60. The molecule has 2 rings (SSSR count). The van der Waals surface area contributed by atoms with Gasteiger partial charge in [-0.15, -0.1) is 0 Å². The van der Waals surface area contributed by atoms with E-state index in [1.807, 2.05) is 30.3 Å². The van der Waals surface area contributed by atoms with Gasteiger partial charge in [0.15, 0.2) is 5.78 Å². The lowest BCUT2D eigenvalue weighted by molar-refractivity contribution is 0.101. The second-order valence-corrected chi connectivity index (χ2v) is 5.62. The van der Waals surface area contributed by atoms with E-state index < -0.39 is 0 Å². The maximum atomic E-state index is 11.4. The Morgan fingerprint density at radius 2 is 1.81 bits per heavy atom. The van der Waals surface area contributed by atoms with Crippen molar-refractivity contribution in [3.05, 3.63) is 63.6 Å². The summed E-state index contributed by atoms with van der Waals surface area (Å²) in [5.74, 6) is 0.766. The van der Waals surface area contributed by atoms with Gasteiger partial charge in [-0.25, -0.2) is 0 Å². The Morgan fingerprint density at radius 1 is 1.10 bits per heavy atom. The summed E-state index contributed by atoms with van der Waals surface area (Å²) in [5.41, 5.74) is 2.64. The van der Waals surface area contributed by atoms with Gasteiger partial charge in [-0.2, -0.15) is 0 Å². The first kappa shape index (κ1) is 15.7. The van der Waals surface area contributed by atoms with Crippen molar-refractivity contribution in [2.45, 2.75) is 20.1 Å². The van der Waals surface area contributed by atoms with Crippen LogP contribution in [0.2, 0.25) is 0 Å². The summed E-state index contributed by atoms with van der Waals surface area (Å²) in [4.78, 5) is 11.4. The van der Waals surface area contributed by atoms with E-state index in [9.17, 15) is 4.79 Å². The van der Waals surface area contributed by atoms with Crippen molar-refractivity contribution in [1.29, 1.82) is 0 Å². The Morgan fingerprint density at radius 3 is 2.43 bits per heavy atom. The first-order valence-corrected chi connectivity index (χ1v) is 7.39. The number of hydrogen-bond acceptors (Lipinski definition) is 3. The number of carbonyl (C=O) groups is 1. The molecule has 0 amide bonds. The summed E-state index contributed by atoms with van der Waals surface area (Å²) in [5, 5.41) is 0. The van der Waals surface area contributed by atoms with Crippen LogP contribution in [0.1, 0.15) is 28.4 Å². The third-order valence-electron chi connectivity index (χ3n) is 3.13. The molecule has 0 aliphatic heterocycles. The van der Waals surface area contributed by atoms with Gasteiger partial charge in [0.25, 0.3) is 0 Å². The Bertz CT molecular complexity index is 620. The van der Waals surface area contributed by atoms with Crippen LogP contribution in [-0.2, 0) is 18.0 Å². The van der Waals surface area contributed by atoms with E-state index in [1.54, 1.807) is 26.2 Å². The van der Waals surface area contributed by atoms with Gasteiger partial charge in [0.2, 0.25) is 0 Å². The molecule has 0 saturated heterocycles. The molecule has 0 aliphatic rings. The van der Waals surface area contributed by atoms with Crippen molar-refractivity contribution in [2.24, 2.45) is 0 Å². The molecule has 0 aliphatic carbocycles. The maximum Gasteiger partial charge on any atom is 0.159 e. The normalized spacial score (nSPS) is 10.4. The molecule has 4 heteroatoms. The first-order chi connectivity index (χ1) is 10.1. The number of methoxy groups -OCH3 is 1. The molecule has 0 fully saturated rings. The molecule has 2 aromatic carbocycles. The molecular weight excluding hydrogens is 332 g/mol. The van der Waals surface area contributed by atoms with Crippen LogP contribution in [-0.4, -0.2) is 12.9 Å². The number of halogens is 1. The highest BCUT2D eigenvalue weighted by atomic mass is 79.9. The molecule has 2 aromatic rings. The fourth-order valence-electron chi connectivity index (χ4n) is 1.97. The van der Waals surface area contributed by atoms with Crippen LogP contribution < -0.4 is 4.74 Å². The molecule has 0 spiro atoms. The summed E-state index contributed by atoms with van der Waals surface area (Å²) < 4.78 is 12.1. The second kappa shape index (κ2) is 7.38. The minimum absolute atomic E-state index is 0.0341. The third-order valence-corrected chi connectivity index (χ3v) is 3.66. The monoisotopic (exact) mass is 348 g/mol. The number of hydrogen-bond donors (Lipinski definition) is 0. The third kappa shape index (κ3) is 4.41. The molecule has 0 aromatic heterocycles. The summed E-state index contributed by atoms with van der Waals surface area (Å²) >= 11 is 3.40. The van der Waals surface area contributed by atoms with Crippen molar-refractivity contribution in [1.82, 2.24) is 0 Å². The predicted molar refractivity (Wildman–Crippen MR) is 85.6 cm³/mol. The molecule has 0 bridgehead atoms. The molecule has 110 valence electrons. The fourth-order valence-corrected chi connectivity index (χ4v) is 2.23. The highest BCUT2D eigenvalue weighted by molar-refractivity contribution is 9.10. The van der Waals surface area contributed by atoms with E-state index in [0.717, 1.165) is 21.3 Å². The van der Waals surface area contributed by atoms with Gasteiger partial charge in [-0.1, -0.05) is 28.1 Å². The zero-order valence-electron chi connectivity index (χ0n) is 12.1. The topological polar surface area (TPSA) is 35.5 Å². The smallest absolute Gasteiger partial charge is 0.159 e. The predicted octanol–water partition coefficient (Wildman–Crippen LogP) is 4.38.